The SMILES string of the molecule is O=C(O)COc1cccc(CN2C[C@@H](O)C[C@@H]2c2nc(-c3ccccc3)c(-c3ccccc3)o2)c1. The van der Waals surface area contributed by atoms with Gasteiger partial charge < -0.3 is 19.4 Å². The zero-order chi connectivity index (χ0) is 24.2. The fourth-order valence-electron chi connectivity index (χ4n) is 4.48. The van der Waals surface area contributed by atoms with E-state index in [0.717, 1.165) is 22.4 Å². The number of carbonyl (C=O) groups is 1. The van der Waals surface area contributed by atoms with E-state index in [4.69, 9.17) is 19.2 Å². The van der Waals surface area contributed by atoms with Gasteiger partial charge in [-0.05, 0) is 24.1 Å². The molecule has 2 atom stereocenters. The number of hydrogen-bond donors (Lipinski definition) is 2. The highest BCUT2D eigenvalue weighted by atomic mass is 16.5. The number of oxazole rings is 1. The molecule has 0 unspecified atom stereocenters. The third-order valence-electron chi connectivity index (χ3n) is 6.04. The molecular weight excluding hydrogens is 444 g/mol. The highest BCUT2D eigenvalue weighted by Gasteiger charge is 2.36. The van der Waals surface area contributed by atoms with Crippen molar-refractivity contribution in [3.63, 3.8) is 0 Å². The molecule has 0 aliphatic carbocycles. The Morgan fingerprint density at radius 2 is 1.71 bits per heavy atom. The molecule has 3 aromatic carbocycles. The van der Waals surface area contributed by atoms with E-state index < -0.39 is 18.7 Å². The third-order valence-corrected chi connectivity index (χ3v) is 6.04. The van der Waals surface area contributed by atoms with Crippen LogP contribution in [0.15, 0.2) is 89.3 Å². The minimum atomic E-state index is -1.02. The Morgan fingerprint density at radius 1 is 1.00 bits per heavy atom. The smallest absolute Gasteiger partial charge is 0.341 e. The molecule has 0 amide bonds. The number of β-amino-alcohol motifs (C(OH)–C–C–N with tert-alkyl or cyclic N) is 1. The monoisotopic (exact) mass is 470 g/mol. The lowest BCUT2D eigenvalue weighted by atomic mass is 10.1. The van der Waals surface area contributed by atoms with Gasteiger partial charge in [0.05, 0.1) is 12.1 Å². The maximum Gasteiger partial charge on any atom is 0.341 e. The van der Waals surface area contributed by atoms with E-state index in [1.165, 1.54) is 0 Å². The predicted molar refractivity (Wildman–Crippen MR) is 131 cm³/mol. The van der Waals surface area contributed by atoms with Crippen LogP contribution in [0.4, 0.5) is 0 Å². The standard InChI is InChI=1S/C28H26N2O5/c31-22-15-24(30(17-22)16-19-8-7-13-23(14-19)34-18-25(32)33)28-29-26(20-9-3-1-4-10-20)27(35-28)21-11-5-2-6-12-21/h1-14,22,24,31H,15-18H2,(H,32,33)/t22-,24+/m0/s1. The third kappa shape index (κ3) is 5.26. The minimum absolute atomic E-state index is 0.200. The molecule has 2 heterocycles. The zero-order valence-corrected chi connectivity index (χ0v) is 19.1. The largest absolute Gasteiger partial charge is 0.482 e. The van der Waals surface area contributed by atoms with Crippen molar-refractivity contribution in [2.45, 2.75) is 25.1 Å². The van der Waals surface area contributed by atoms with E-state index in [0.29, 0.717) is 36.9 Å². The Bertz CT molecular complexity index is 1230. The van der Waals surface area contributed by atoms with E-state index in [2.05, 4.69) is 4.90 Å². The van der Waals surface area contributed by atoms with Crippen molar-refractivity contribution >= 4 is 5.97 Å². The highest BCUT2D eigenvalue weighted by molar-refractivity contribution is 5.76. The average molecular weight is 471 g/mol. The lowest BCUT2D eigenvalue weighted by Crippen LogP contribution is -2.24. The van der Waals surface area contributed by atoms with Crippen LogP contribution in [-0.2, 0) is 11.3 Å². The first kappa shape index (κ1) is 22.8. The van der Waals surface area contributed by atoms with Crippen molar-refractivity contribution in [3.05, 3.63) is 96.4 Å². The first-order valence-corrected chi connectivity index (χ1v) is 11.5. The Hall–Kier alpha value is -3.94. The van der Waals surface area contributed by atoms with E-state index in [-0.39, 0.29) is 6.04 Å². The lowest BCUT2D eigenvalue weighted by molar-refractivity contribution is -0.139. The van der Waals surface area contributed by atoms with Gasteiger partial charge in [0.1, 0.15) is 11.4 Å². The Balaban J connectivity index is 1.45. The maximum atomic E-state index is 10.8. The number of benzene rings is 3. The molecular formula is C28H26N2O5. The molecule has 0 saturated carbocycles. The molecule has 35 heavy (non-hydrogen) atoms. The van der Waals surface area contributed by atoms with Crippen LogP contribution < -0.4 is 4.74 Å². The number of aromatic nitrogens is 1. The summed E-state index contributed by atoms with van der Waals surface area (Å²) in [6, 6.07) is 27.0. The molecule has 7 nitrogen and oxygen atoms in total. The van der Waals surface area contributed by atoms with Gasteiger partial charge in [-0.3, -0.25) is 4.90 Å². The number of likely N-dealkylation sites (tertiary alicyclic amines) is 1. The molecule has 1 aliphatic heterocycles. The number of aliphatic hydroxyl groups excluding tert-OH is 1. The van der Waals surface area contributed by atoms with Crippen molar-refractivity contribution in [3.8, 4) is 28.3 Å². The lowest BCUT2D eigenvalue weighted by Gasteiger charge is -2.22. The normalized spacial score (nSPS) is 18.0. The zero-order valence-electron chi connectivity index (χ0n) is 19.1. The van der Waals surface area contributed by atoms with Gasteiger partial charge >= 0.3 is 5.97 Å². The van der Waals surface area contributed by atoms with Gasteiger partial charge in [-0.1, -0.05) is 72.8 Å². The van der Waals surface area contributed by atoms with Crippen LogP contribution in [0.3, 0.4) is 0 Å². The van der Waals surface area contributed by atoms with Gasteiger partial charge in [0, 0.05) is 24.2 Å². The van der Waals surface area contributed by atoms with Crippen LogP contribution in [0.25, 0.3) is 22.6 Å². The Labute approximate surface area is 203 Å². The fraction of sp³-hybridized carbons (Fsp3) is 0.214. The quantitative estimate of drug-likeness (QED) is 0.383. The number of carboxylic acid groups (broad SMARTS) is 1. The second-order valence-corrected chi connectivity index (χ2v) is 8.63. The van der Waals surface area contributed by atoms with Crippen LogP contribution in [0.2, 0.25) is 0 Å². The van der Waals surface area contributed by atoms with Crippen LogP contribution in [0.1, 0.15) is 23.9 Å². The molecule has 0 bridgehead atoms. The molecule has 4 aromatic rings. The van der Waals surface area contributed by atoms with E-state index in [1.54, 1.807) is 6.07 Å². The summed E-state index contributed by atoms with van der Waals surface area (Å²) in [6.07, 6.45) is 0.0109. The van der Waals surface area contributed by atoms with Gasteiger partial charge in [-0.2, -0.15) is 0 Å². The summed E-state index contributed by atoms with van der Waals surface area (Å²) in [4.78, 5) is 17.9. The van der Waals surface area contributed by atoms with Crippen molar-refractivity contribution < 1.29 is 24.2 Å². The number of aliphatic carboxylic acids is 1. The van der Waals surface area contributed by atoms with Crippen molar-refractivity contribution in [2.75, 3.05) is 13.2 Å². The molecule has 1 fully saturated rings. The number of carboxylic acids is 1. The molecule has 1 saturated heterocycles. The van der Waals surface area contributed by atoms with E-state index >= 15 is 0 Å². The maximum absolute atomic E-state index is 10.8. The molecule has 0 radical (unpaired) electrons. The van der Waals surface area contributed by atoms with Crippen LogP contribution in [0, 0.1) is 0 Å². The summed E-state index contributed by atoms with van der Waals surface area (Å²) in [7, 11) is 0. The number of ether oxygens (including phenoxy) is 1. The van der Waals surface area contributed by atoms with Crippen molar-refractivity contribution in [2.24, 2.45) is 0 Å². The molecule has 0 spiro atoms. The molecule has 7 heteroatoms. The minimum Gasteiger partial charge on any atom is -0.482 e. The van der Waals surface area contributed by atoms with Crippen LogP contribution in [-0.4, -0.2) is 45.3 Å². The molecule has 178 valence electrons. The molecule has 1 aliphatic rings. The number of aliphatic hydroxyl groups is 1. The van der Waals surface area contributed by atoms with Crippen LogP contribution in [0.5, 0.6) is 5.75 Å². The second-order valence-electron chi connectivity index (χ2n) is 8.63. The summed E-state index contributed by atoms with van der Waals surface area (Å²) < 4.78 is 11.7. The summed E-state index contributed by atoms with van der Waals surface area (Å²) in [5, 5.41) is 19.4. The number of nitrogens with zero attached hydrogens (tertiary/aromatic N) is 2. The Kier molecular flexibility index (Phi) is 6.61. The van der Waals surface area contributed by atoms with Gasteiger partial charge in [0.25, 0.3) is 0 Å². The van der Waals surface area contributed by atoms with Gasteiger partial charge in [-0.25, -0.2) is 9.78 Å². The van der Waals surface area contributed by atoms with Gasteiger partial charge in [-0.15, -0.1) is 0 Å². The topological polar surface area (TPSA) is 96.0 Å². The predicted octanol–water partition coefficient (Wildman–Crippen LogP) is 4.78. The van der Waals surface area contributed by atoms with E-state index in [9.17, 15) is 9.90 Å². The van der Waals surface area contributed by atoms with Gasteiger partial charge in [0.2, 0.25) is 5.89 Å². The second kappa shape index (κ2) is 10.1. The molecule has 1 aromatic heterocycles. The number of rotatable bonds is 8. The highest BCUT2D eigenvalue weighted by Crippen LogP contribution is 2.39. The van der Waals surface area contributed by atoms with Crippen LogP contribution >= 0.6 is 0 Å². The molecule has 5 rings (SSSR count). The van der Waals surface area contributed by atoms with Crippen molar-refractivity contribution in [1.82, 2.24) is 9.88 Å². The number of hydrogen-bond acceptors (Lipinski definition) is 6. The summed E-state index contributed by atoms with van der Waals surface area (Å²) in [6.45, 7) is 0.625. The first-order chi connectivity index (χ1) is 17.1. The fourth-order valence-corrected chi connectivity index (χ4v) is 4.48. The molecule has 2 N–H and O–H groups in total. The van der Waals surface area contributed by atoms with E-state index in [1.807, 2.05) is 78.9 Å². The first-order valence-electron chi connectivity index (χ1n) is 11.5. The summed E-state index contributed by atoms with van der Waals surface area (Å²) in [5.74, 6) is 0.746. The van der Waals surface area contributed by atoms with Crippen molar-refractivity contribution in [1.29, 1.82) is 0 Å². The van der Waals surface area contributed by atoms with Gasteiger partial charge in [0.15, 0.2) is 12.4 Å². The Morgan fingerprint density at radius 3 is 2.43 bits per heavy atom. The average Bonchev–Trinajstić information content (AvgIpc) is 3.48. The summed E-state index contributed by atoms with van der Waals surface area (Å²) >= 11 is 0. The summed E-state index contributed by atoms with van der Waals surface area (Å²) in [5.41, 5.74) is 3.63.